The highest BCUT2D eigenvalue weighted by atomic mass is 32.2. The van der Waals surface area contributed by atoms with Gasteiger partial charge in [-0.1, -0.05) is 11.8 Å². The van der Waals surface area contributed by atoms with Crippen molar-refractivity contribution in [2.24, 2.45) is 0 Å². The van der Waals surface area contributed by atoms with Crippen LogP contribution in [0, 0.1) is 11.8 Å². The smallest absolute Gasteiger partial charge is 0.305 e. The lowest BCUT2D eigenvalue weighted by Gasteiger charge is -2.07. The van der Waals surface area contributed by atoms with Gasteiger partial charge in [0.1, 0.15) is 12.4 Å². The molecule has 0 aliphatic carbocycles. The van der Waals surface area contributed by atoms with Crippen LogP contribution in [0.1, 0.15) is 18.4 Å². The van der Waals surface area contributed by atoms with Crippen molar-refractivity contribution in [3.63, 3.8) is 0 Å². The molecule has 0 aliphatic heterocycles. The van der Waals surface area contributed by atoms with Crippen LogP contribution >= 0.6 is 0 Å². The minimum atomic E-state index is -3.59. The van der Waals surface area contributed by atoms with Gasteiger partial charge >= 0.3 is 5.97 Å². The molecule has 0 aliphatic rings. The molecule has 0 amide bonds. The molecule has 0 saturated heterocycles. The number of hydrogen-bond acceptors (Lipinski definition) is 6. The number of pyridine rings is 1. The Morgan fingerprint density at radius 2 is 2.29 bits per heavy atom. The van der Waals surface area contributed by atoms with E-state index >= 15 is 0 Å². The third-order valence-corrected chi connectivity index (χ3v) is 3.70. The summed E-state index contributed by atoms with van der Waals surface area (Å²) in [7, 11) is -2.35. The van der Waals surface area contributed by atoms with Crippen molar-refractivity contribution in [2.75, 3.05) is 24.2 Å². The Kier molecular flexibility index (Phi) is 6.65. The van der Waals surface area contributed by atoms with Crippen LogP contribution in [0.5, 0.6) is 0 Å². The number of carbonyl (C=O) groups is 1. The highest BCUT2D eigenvalue weighted by molar-refractivity contribution is 7.92. The summed E-state index contributed by atoms with van der Waals surface area (Å²) in [6.07, 6.45) is 1.60. The second kappa shape index (κ2) is 8.24. The van der Waals surface area contributed by atoms with E-state index in [0.29, 0.717) is 5.56 Å². The first-order valence-corrected chi connectivity index (χ1v) is 7.75. The first-order chi connectivity index (χ1) is 9.96. The average molecular weight is 312 g/mol. The molecular weight excluding hydrogens is 296 g/mol. The van der Waals surface area contributed by atoms with Gasteiger partial charge < -0.3 is 9.84 Å². The van der Waals surface area contributed by atoms with Gasteiger partial charge in [-0.15, -0.1) is 0 Å². The molecular formula is C13H16N2O5S. The highest BCUT2D eigenvalue weighted by Gasteiger charge is 2.12. The fourth-order valence-electron chi connectivity index (χ4n) is 1.42. The summed E-state index contributed by atoms with van der Waals surface area (Å²) in [5.74, 6) is 4.58. The molecule has 1 heterocycles. The number of carbonyl (C=O) groups excluding carboxylic acids is 1. The number of esters is 1. The van der Waals surface area contributed by atoms with Gasteiger partial charge in [-0.05, 0) is 18.6 Å². The van der Waals surface area contributed by atoms with Crippen molar-refractivity contribution in [1.29, 1.82) is 0 Å². The molecule has 114 valence electrons. The number of anilines is 1. The summed E-state index contributed by atoms with van der Waals surface area (Å²) in [5, 5.41) is 8.61. The summed E-state index contributed by atoms with van der Waals surface area (Å²) in [4.78, 5) is 14.8. The zero-order valence-corrected chi connectivity index (χ0v) is 12.3. The van der Waals surface area contributed by atoms with Crippen molar-refractivity contribution < 1.29 is 23.1 Å². The van der Waals surface area contributed by atoms with Crippen molar-refractivity contribution in [3.05, 3.63) is 23.9 Å². The van der Waals surface area contributed by atoms with E-state index in [4.69, 9.17) is 5.11 Å². The number of aliphatic hydroxyl groups is 1. The van der Waals surface area contributed by atoms with Gasteiger partial charge in [0.2, 0.25) is 10.0 Å². The number of methoxy groups -OCH3 is 1. The lowest BCUT2D eigenvalue weighted by molar-refractivity contribution is -0.140. The second-order valence-corrected chi connectivity index (χ2v) is 5.83. The standard InChI is InChI=1S/C13H16N2O5S/c1-20-13(17)5-3-9-21(18,19)15-12-10-11(4-2-8-16)6-7-14-12/h6-7,10,16H,3,5,8-9H2,1H3,(H,14,15). The van der Waals surface area contributed by atoms with Crippen LogP contribution in [0.3, 0.4) is 0 Å². The molecule has 0 aromatic carbocycles. The molecule has 0 unspecified atom stereocenters. The molecule has 0 saturated carbocycles. The Hall–Kier alpha value is -2.11. The van der Waals surface area contributed by atoms with Crippen molar-refractivity contribution in [3.8, 4) is 11.8 Å². The molecule has 0 fully saturated rings. The topological polar surface area (TPSA) is 106 Å². The van der Waals surface area contributed by atoms with Crippen molar-refractivity contribution in [2.45, 2.75) is 12.8 Å². The van der Waals surface area contributed by atoms with Crippen LogP contribution in [0.25, 0.3) is 0 Å². The Bertz CT molecular complexity index is 646. The van der Waals surface area contributed by atoms with E-state index in [1.165, 1.54) is 19.4 Å². The Balaban J connectivity index is 2.64. The number of hydrogen-bond donors (Lipinski definition) is 2. The van der Waals surface area contributed by atoms with E-state index < -0.39 is 16.0 Å². The van der Waals surface area contributed by atoms with E-state index in [0.717, 1.165) is 0 Å². The monoisotopic (exact) mass is 312 g/mol. The largest absolute Gasteiger partial charge is 0.469 e. The minimum absolute atomic E-state index is 0.0346. The highest BCUT2D eigenvalue weighted by Crippen LogP contribution is 2.09. The van der Waals surface area contributed by atoms with Gasteiger partial charge in [0, 0.05) is 18.2 Å². The maximum Gasteiger partial charge on any atom is 0.305 e. The maximum absolute atomic E-state index is 11.8. The third-order valence-electron chi connectivity index (χ3n) is 2.35. The van der Waals surface area contributed by atoms with E-state index in [-0.39, 0.29) is 31.0 Å². The van der Waals surface area contributed by atoms with Crippen LogP contribution in [0.2, 0.25) is 0 Å². The number of ether oxygens (including phenoxy) is 1. The van der Waals surface area contributed by atoms with Crippen LogP contribution in [-0.2, 0) is 19.6 Å². The predicted octanol–water partition coefficient (Wildman–Crippen LogP) is 0.120. The van der Waals surface area contributed by atoms with Gasteiger partial charge in [0.25, 0.3) is 0 Å². The first kappa shape index (κ1) is 16.9. The summed E-state index contributed by atoms with van der Waals surface area (Å²) in [6.45, 7) is -0.281. The van der Waals surface area contributed by atoms with Gasteiger partial charge in [-0.3, -0.25) is 9.52 Å². The number of nitrogens with one attached hydrogen (secondary N) is 1. The number of nitrogens with zero attached hydrogens (tertiary/aromatic N) is 1. The van der Waals surface area contributed by atoms with Gasteiger partial charge in [-0.25, -0.2) is 13.4 Å². The summed E-state index contributed by atoms with van der Waals surface area (Å²) in [5.41, 5.74) is 0.534. The molecule has 7 nitrogen and oxygen atoms in total. The molecule has 0 bridgehead atoms. The summed E-state index contributed by atoms with van der Waals surface area (Å²) >= 11 is 0. The lowest BCUT2D eigenvalue weighted by atomic mass is 10.2. The lowest BCUT2D eigenvalue weighted by Crippen LogP contribution is -2.18. The van der Waals surface area contributed by atoms with E-state index in [1.54, 1.807) is 6.07 Å². The molecule has 1 rings (SSSR count). The van der Waals surface area contributed by atoms with Crippen LogP contribution in [0.15, 0.2) is 18.3 Å². The SMILES string of the molecule is COC(=O)CCCS(=O)(=O)Nc1cc(C#CCO)ccn1. The molecule has 0 spiro atoms. The Morgan fingerprint density at radius 3 is 2.95 bits per heavy atom. The quantitative estimate of drug-likeness (QED) is 0.571. The van der Waals surface area contributed by atoms with Gasteiger partial charge in [0.15, 0.2) is 0 Å². The molecule has 2 N–H and O–H groups in total. The molecule has 0 atom stereocenters. The minimum Gasteiger partial charge on any atom is -0.469 e. The maximum atomic E-state index is 11.8. The van der Waals surface area contributed by atoms with E-state index in [1.807, 2.05) is 0 Å². The third kappa shape index (κ3) is 6.74. The zero-order valence-electron chi connectivity index (χ0n) is 11.5. The Labute approximate surface area is 123 Å². The fraction of sp³-hybridized carbons (Fsp3) is 0.385. The molecule has 8 heteroatoms. The number of aromatic nitrogens is 1. The van der Waals surface area contributed by atoms with Gasteiger partial charge in [-0.2, -0.15) is 0 Å². The van der Waals surface area contributed by atoms with Crippen molar-refractivity contribution in [1.82, 2.24) is 4.98 Å². The molecule has 21 heavy (non-hydrogen) atoms. The molecule has 0 radical (unpaired) electrons. The van der Waals surface area contributed by atoms with Crippen LogP contribution < -0.4 is 4.72 Å². The van der Waals surface area contributed by atoms with Crippen LogP contribution in [-0.4, -0.2) is 43.9 Å². The second-order valence-electron chi connectivity index (χ2n) is 3.99. The zero-order chi connectivity index (χ0) is 15.7. The summed E-state index contributed by atoms with van der Waals surface area (Å²) in [6, 6.07) is 3.05. The average Bonchev–Trinajstić information content (AvgIpc) is 2.44. The number of sulfonamides is 1. The van der Waals surface area contributed by atoms with E-state index in [2.05, 4.69) is 26.3 Å². The first-order valence-electron chi connectivity index (χ1n) is 6.10. The number of rotatable bonds is 6. The fourth-order valence-corrected chi connectivity index (χ4v) is 2.48. The number of aliphatic hydroxyl groups excluding tert-OH is 1. The molecule has 1 aromatic rings. The molecule has 1 aromatic heterocycles. The normalized spacial score (nSPS) is 10.4. The summed E-state index contributed by atoms with van der Waals surface area (Å²) < 4.78 is 30.4. The Morgan fingerprint density at radius 1 is 1.52 bits per heavy atom. The van der Waals surface area contributed by atoms with Crippen LogP contribution in [0.4, 0.5) is 5.82 Å². The van der Waals surface area contributed by atoms with Gasteiger partial charge in [0.05, 0.1) is 12.9 Å². The van der Waals surface area contributed by atoms with E-state index in [9.17, 15) is 13.2 Å². The van der Waals surface area contributed by atoms with Crippen molar-refractivity contribution >= 4 is 21.8 Å². The predicted molar refractivity (Wildman–Crippen MR) is 76.9 cm³/mol.